The predicted octanol–water partition coefficient (Wildman–Crippen LogP) is 1.68. The zero-order chi connectivity index (χ0) is 25.2. The number of fused-ring (bicyclic) bond motifs is 1. The lowest BCUT2D eigenvalue weighted by Crippen LogP contribution is -2.43. The summed E-state index contributed by atoms with van der Waals surface area (Å²) in [5.41, 5.74) is 4.82. The van der Waals surface area contributed by atoms with Gasteiger partial charge in [0.25, 0.3) is 11.1 Å². The molecule has 0 aliphatic carbocycles. The van der Waals surface area contributed by atoms with Crippen LogP contribution >= 0.6 is 11.8 Å². The van der Waals surface area contributed by atoms with Crippen LogP contribution in [0, 0.1) is 5.92 Å². The third-order valence-electron chi connectivity index (χ3n) is 5.37. The van der Waals surface area contributed by atoms with Crippen LogP contribution in [0.2, 0.25) is 0 Å². The zero-order valence-electron chi connectivity index (χ0n) is 19.9. The molecule has 11 heteroatoms. The van der Waals surface area contributed by atoms with Gasteiger partial charge in [-0.2, -0.15) is 0 Å². The minimum atomic E-state index is -0.746. The molecule has 3 aromatic rings. The van der Waals surface area contributed by atoms with Gasteiger partial charge < -0.3 is 10.5 Å². The lowest BCUT2D eigenvalue weighted by Gasteiger charge is -2.19. The second kappa shape index (κ2) is 10.4. The third kappa shape index (κ3) is 4.85. The number of thioether (sulfide) groups is 1. The van der Waals surface area contributed by atoms with Gasteiger partial charge in [-0.25, -0.2) is 9.78 Å². The molecular formula is C23H29N5O5S. The fourth-order valence-electron chi connectivity index (χ4n) is 3.72. The molecule has 0 amide bonds. The number of nitrogens with zero attached hydrogens (tertiary/aromatic N) is 4. The van der Waals surface area contributed by atoms with Gasteiger partial charge in [0.2, 0.25) is 0 Å². The number of carbonyl (C=O) groups excluding carboxylic acids is 1. The first kappa shape index (κ1) is 25.4. The molecule has 2 aromatic heterocycles. The molecule has 0 fully saturated rings. The van der Waals surface area contributed by atoms with Crippen LogP contribution in [-0.4, -0.2) is 43.9 Å². The zero-order valence-corrected chi connectivity index (χ0v) is 20.7. The van der Waals surface area contributed by atoms with Crippen molar-refractivity contribution < 1.29 is 9.53 Å². The van der Waals surface area contributed by atoms with Crippen LogP contribution in [-0.2, 0) is 18.3 Å². The summed E-state index contributed by atoms with van der Waals surface area (Å²) in [7, 11) is 2.86. The highest BCUT2D eigenvalue weighted by molar-refractivity contribution is 7.99. The Morgan fingerprint density at radius 3 is 2.47 bits per heavy atom. The number of Topliss-reactive ketones (excluding diaryl/α,β-unsaturated/α-hetero) is 1. The number of hydrogen-bond donors (Lipinski definition) is 1. The van der Waals surface area contributed by atoms with Crippen molar-refractivity contribution in [2.24, 2.45) is 13.0 Å². The number of nitrogens with two attached hydrogens (primary N) is 1. The minimum absolute atomic E-state index is 0.0772. The van der Waals surface area contributed by atoms with E-state index in [1.165, 1.54) is 23.3 Å². The van der Waals surface area contributed by atoms with Gasteiger partial charge in [0.1, 0.15) is 11.4 Å². The molecule has 0 saturated carbocycles. The lowest BCUT2D eigenvalue weighted by atomic mass is 10.2. The Labute approximate surface area is 200 Å². The summed E-state index contributed by atoms with van der Waals surface area (Å²) in [6.07, 6.45) is 0. The van der Waals surface area contributed by atoms with Crippen LogP contribution in [0.4, 0.5) is 5.82 Å². The van der Waals surface area contributed by atoms with Gasteiger partial charge in [0, 0.05) is 20.7 Å². The van der Waals surface area contributed by atoms with Crippen molar-refractivity contribution in [2.75, 3.05) is 25.2 Å². The first-order valence-corrected chi connectivity index (χ1v) is 11.8. The van der Waals surface area contributed by atoms with Gasteiger partial charge in [0.15, 0.2) is 10.9 Å². The highest BCUT2D eigenvalue weighted by Gasteiger charge is 2.24. The number of ether oxygens (including phenoxy) is 1. The Morgan fingerprint density at radius 2 is 1.82 bits per heavy atom. The number of para-hydroxylation sites is 1. The molecular weight excluding hydrogens is 458 g/mol. The van der Waals surface area contributed by atoms with Crippen molar-refractivity contribution >= 4 is 34.3 Å². The van der Waals surface area contributed by atoms with Crippen molar-refractivity contribution in [3.8, 4) is 0 Å². The summed E-state index contributed by atoms with van der Waals surface area (Å²) in [6, 6.07) is 6.63. The first-order chi connectivity index (χ1) is 16.1. The van der Waals surface area contributed by atoms with Crippen molar-refractivity contribution in [2.45, 2.75) is 38.5 Å². The van der Waals surface area contributed by atoms with E-state index < -0.39 is 17.0 Å². The normalized spacial score (nSPS) is 12.4. The van der Waals surface area contributed by atoms with Crippen molar-refractivity contribution in [1.29, 1.82) is 0 Å². The average Bonchev–Trinajstić information content (AvgIpc) is 2.79. The van der Waals surface area contributed by atoms with E-state index in [9.17, 15) is 19.2 Å². The first-order valence-electron chi connectivity index (χ1n) is 10.8. The van der Waals surface area contributed by atoms with Crippen molar-refractivity contribution in [3.05, 3.63) is 61.0 Å². The van der Waals surface area contributed by atoms with E-state index in [4.69, 9.17) is 10.5 Å². The standard InChI is InChI=1S/C23H29N5O5S/c1-13(2)10-27-19(24)18(21(31)26(4)23(27)32)17(29)12-34-22-25-16-9-7-6-8-15(16)20(30)28(22)14(3)11-33-5/h6-9,13-14H,10-12,24H2,1-5H3/t14-/m0/s1. The fraction of sp³-hybridized carbons (Fsp3) is 0.435. The number of rotatable bonds is 9. The molecule has 34 heavy (non-hydrogen) atoms. The Kier molecular flexibility index (Phi) is 7.78. The molecule has 0 aliphatic rings. The summed E-state index contributed by atoms with van der Waals surface area (Å²) in [6.45, 7) is 6.17. The van der Waals surface area contributed by atoms with Gasteiger partial charge >= 0.3 is 5.69 Å². The van der Waals surface area contributed by atoms with E-state index in [0.717, 1.165) is 16.3 Å². The number of hydrogen-bond acceptors (Lipinski definition) is 8. The van der Waals surface area contributed by atoms with Crippen LogP contribution in [0.3, 0.4) is 0 Å². The van der Waals surface area contributed by atoms with E-state index in [2.05, 4.69) is 4.98 Å². The largest absolute Gasteiger partial charge is 0.384 e. The number of carbonyl (C=O) groups is 1. The molecule has 2 heterocycles. The summed E-state index contributed by atoms with van der Waals surface area (Å²) in [5, 5.41) is 0.785. The quantitative estimate of drug-likeness (QED) is 0.274. The Hall–Kier alpha value is -3.18. The number of benzene rings is 1. The van der Waals surface area contributed by atoms with E-state index in [1.54, 1.807) is 24.3 Å². The van der Waals surface area contributed by atoms with Gasteiger partial charge in [-0.05, 0) is 25.0 Å². The van der Waals surface area contributed by atoms with E-state index in [0.29, 0.717) is 16.1 Å². The van der Waals surface area contributed by atoms with E-state index in [-0.39, 0.29) is 47.8 Å². The molecule has 0 spiro atoms. The van der Waals surface area contributed by atoms with Gasteiger partial charge in [-0.3, -0.25) is 28.1 Å². The Bertz CT molecular complexity index is 1410. The smallest absolute Gasteiger partial charge is 0.332 e. The number of nitrogen functional groups attached to an aromatic ring is 1. The average molecular weight is 488 g/mol. The SMILES string of the molecule is COC[C@H](C)n1c(SCC(=O)c2c(N)n(CC(C)C)c(=O)n(C)c2=O)nc2ccccc2c1=O. The number of methoxy groups -OCH3 is 1. The molecule has 0 unspecified atom stereocenters. The van der Waals surface area contributed by atoms with Gasteiger partial charge in [-0.1, -0.05) is 37.7 Å². The van der Waals surface area contributed by atoms with Gasteiger partial charge in [-0.15, -0.1) is 0 Å². The second-order valence-electron chi connectivity index (χ2n) is 8.51. The second-order valence-corrected chi connectivity index (χ2v) is 9.46. The maximum atomic E-state index is 13.2. The van der Waals surface area contributed by atoms with Crippen molar-refractivity contribution in [3.63, 3.8) is 0 Å². The van der Waals surface area contributed by atoms with Crippen LogP contribution < -0.4 is 22.5 Å². The monoisotopic (exact) mass is 487 g/mol. The van der Waals surface area contributed by atoms with E-state index in [1.807, 2.05) is 20.8 Å². The van der Waals surface area contributed by atoms with Crippen molar-refractivity contribution in [1.82, 2.24) is 18.7 Å². The maximum absolute atomic E-state index is 13.2. The number of aromatic nitrogens is 4. The molecule has 3 rings (SSSR count). The van der Waals surface area contributed by atoms with Gasteiger partial charge in [0.05, 0.1) is 29.3 Å². The van der Waals surface area contributed by atoms with Crippen LogP contribution in [0.15, 0.2) is 43.8 Å². The van der Waals surface area contributed by atoms with Crippen LogP contribution in [0.1, 0.15) is 37.2 Å². The topological polar surface area (TPSA) is 131 Å². The molecule has 2 N–H and O–H groups in total. The Balaban J connectivity index is 2.04. The molecule has 182 valence electrons. The highest BCUT2D eigenvalue weighted by Crippen LogP contribution is 2.22. The molecule has 0 bridgehead atoms. The molecule has 1 aromatic carbocycles. The summed E-state index contributed by atoms with van der Waals surface area (Å²) >= 11 is 1.04. The Morgan fingerprint density at radius 1 is 1.15 bits per heavy atom. The van der Waals surface area contributed by atoms with E-state index >= 15 is 0 Å². The maximum Gasteiger partial charge on any atom is 0.332 e. The molecule has 10 nitrogen and oxygen atoms in total. The molecule has 1 atom stereocenters. The van der Waals surface area contributed by atoms with Crippen LogP contribution in [0.5, 0.6) is 0 Å². The molecule has 0 radical (unpaired) electrons. The predicted molar refractivity (Wildman–Crippen MR) is 133 cm³/mol. The minimum Gasteiger partial charge on any atom is -0.384 e. The number of anilines is 1. The summed E-state index contributed by atoms with van der Waals surface area (Å²) < 4.78 is 8.85. The fourth-order valence-corrected chi connectivity index (χ4v) is 4.69. The number of ketones is 1. The van der Waals surface area contributed by atoms with Crippen LogP contribution in [0.25, 0.3) is 10.9 Å². The third-order valence-corrected chi connectivity index (χ3v) is 6.32. The lowest BCUT2D eigenvalue weighted by molar-refractivity contribution is 0.102. The molecule has 0 aliphatic heterocycles. The highest BCUT2D eigenvalue weighted by atomic mass is 32.2. The molecule has 0 saturated heterocycles. The summed E-state index contributed by atoms with van der Waals surface area (Å²) in [5.74, 6) is -0.810. The summed E-state index contributed by atoms with van der Waals surface area (Å²) in [4.78, 5) is 56.2.